The molecule has 3 heterocycles. The van der Waals surface area contributed by atoms with Gasteiger partial charge in [0.15, 0.2) is 11.5 Å². The van der Waals surface area contributed by atoms with Crippen LogP contribution in [0.25, 0.3) is 0 Å². The van der Waals surface area contributed by atoms with Crippen LogP contribution in [0.5, 0.6) is 0 Å². The molecule has 7 heteroatoms. The summed E-state index contributed by atoms with van der Waals surface area (Å²) in [6, 6.07) is 9.56. The Labute approximate surface area is 141 Å². The van der Waals surface area contributed by atoms with E-state index in [4.69, 9.17) is 0 Å². The molecule has 0 saturated carbocycles. The number of amides is 1. The van der Waals surface area contributed by atoms with Gasteiger partial charge in [0, 0.05) is 32.4 Å². The fraction of sp³-hybridized carbons (Fsp3) is 0.412. The minimum Gasteiger partial charge on any atom is -0.370 e. The van der Waals surface area contributed by atoms with Gasteiger partial charge in [-0.2, -0.15) is 0 Å². The van der Waals surface area contributed by atoms with Crippen molar-refractivity contribution >= 4 is 17.5 Å². The lowest BCUT2D eigenvalue weighted by Gasteiger charge is -2.17. The second kappa shape index (κ2) is 7.25. The summed E-state index contributed by atoms with van der Waals surface area (Å²) in [4.78, 5) is 18.2. The molecule has 126 valence electrons. The van der Waals surface area contributed by atoms with E-state index < -0.39 is 0 Å². The normalized spacial score (nSPS) is 16.9. The number of nitrogens with zero attached hydrogens (tertiary/aromatic N) is 4. The van der Waals surface area contributed by atoms with Crippen molar-refractivity contribution in [3.63, 3.8) is 0 Å². The molecule has 2 aromatic heterocycles. The van der Waals surface area contributed by atoms with Crippen LogP contribution in [0.3, 0.4) is 0 Å². The zero-order valence-corrected chi connectivity index (χ0v) is 14.0. The van der Waals surface area contributed by atoms with E-state index in [0.717, 1.165) is 43.4 Å². The van der Waals surface area contributed by atoms with E-state index in [1.54, 1.807) is 13.1 Å². The predicted molar refractivity (Wildman–Crippen MR) is 93.2 cm³/mol. The van der Waals surface area contributed by atoms with Crippen LogP contribution in [0.4, 0.5) is 11.6 Å². The van der Waals surface area contributed by atoms with Crippen molar-refractivity contribution in [2.75, 3.05) is 36.9 Å². The minimum absolute atomic E-state index is 0.219. The third-order valence-electron chi connectivity index (χ3n) is 4.18. The van der Waals surface area contributed by atoms with Crippen LogP contribution in [-0.4, -0.2) is 47.8 Å². The predicted octanol–water partition coefficient (Wildman–Crippen LogP) is 1.48. The van der Waals surface area contributed by atoms with Crippen molar-refractivity contribution in [2.24, 2.45) is 5.92 Å². The molecule has 0 aliphatic carbocycles. The zero-order valence-electron chi connectivity index (χ0n) is 14.0. The van der Waals surface area contributed by atoms with Gasteiger partial charge in [0.05, 0.1) is 0 Å². The first-order chi connectivity index (χ1) is 11.7. The van der Waals surface area contributed by atoms with Crippen molar-refractivity contribution in [1.29, 1.82) is 0 Å². The summed E-state index contributed by atoms with van der Waals surface area (Å²) >= 11 is 0. The van der Waals surface area contributed by atoms with Gasteiger partial charge in [0.2, 0.25) is 0 Å². The Bertz CT molecular complexity index is 702. The van der Waals surface area contributed by atoms with Crippen LogP contribution in [0.1, 0.15) is 22.6 Å². The molecule has 1 unspecified atom stereocenters. The lowest BCUT2D eigenvalue weighted by molar-refractivity contribution is 0.0957. The van der Waals surface area contributed by atoms with Crippen LogP contribution >= 0.6 is 0 Å². The summed E-state index contributed by atoms with van der Waals surface area (Å²) in [6.45, 7) is 4.74. The fourth-order valence-electron chi connectivity index (χ4n) is 2.84. The molecule has 3 rings (SSSR count). The highest BCUT2D eigenvalue weighted by Gasteiger charge is 2.24. The van der Waals surface area contributed by atoms with E-state index in [0.29, 0.717) is 11.6 Å². The van der Waals surface area contributed by atoms with E-state index in [2.05, 4.69) is 30.7 Å². The van der Waals surface area contributed by atoms with Crippen LogP contribution < -0.4 is 15.5 Å². The number of anilines is 2. The van der Waals surface area contributed by atoms with Gasteiger partial charge >= 0.3 is 0 Å². The molecular weight excluding hydrogens is 304 g/mol. The first-order valence-corrected chi connectivity index (χ1v) is 8.14. The highest BCUT2D eigenvalue weighted by atomic mass is 16.1. The van der Waals surface area contributed by atoms with E-state index in [9.17, 15) is 4.79 Å². The molecule has 1 saturated heterocycles. The summed E-state index contributed by atoms with van der Waals surface area (Å²) in [7, 11) is 1.58. The lowest BCUT2D eigenvalue weighted by atomic mass is 10.1. The second-order valence-electron chi connectivity index (χ2n) is 6.00. The molecule has 0 bridgehead atoms. The van der Waals surface area contributed by atoms with E-state index in [1.165, 1.54) is 0 Å². The number of nitrogens with one attached hydrogen (secondary N) is 2. The molecule has 2 aromatic rings. The summed E-state index contributed by atoms with van der Waals surface area (Å²) in [5.41, 5.74) is 1.35. The number of hydrogen-bond acceptors (Lipinski definition) is 6. The molecular formula is C17H22N6O. The van der Waals surface area contributed by atoms with Gasteiger partial charge in [0.1, 0.15) is 5.82 Å². The van der Waals surface area contributed by atoms with Gasteiger partial charge in [-0.25, -0.2) is 4.98 Å². The second-order valence-corrected chi connectivity index (χ2v) is 6.00. The fourth-order valence-corrected chi connectivity index (χ4v) is 2.84. The Morgan fingerprint density at radius 1 is 1.29 bits per heavy atom. The molecule has 0 aromatic carbocycles. The number of rotatable bonds is 5. The molecule has 1 atom stereocenters. The van der Waals surface area contributed by atoms with Crippen LogP contribution in [-0.2, 0) is 0 Å². The molecule has 1 aliphatic heterocycles. The maximum Gasteiger partial charge on any atom is 0.271 e. The van der Waals surface area contributed by atoms with Crippen molar-refractivity contribution in [1.82, 2.24) is 20.5 Å². The number of pyridine rings is 1. The molecule has 1 amide bonds. The van der Waals surface area contributed by atoms with Gasteiger partial charge < -0.3 is 15.5 Å². The van der Waals surface area contributed by atoms with Crippen molar-refractivity contribution < 1.29 is 4.79 Å². The Hall–Kier alpha value is -2.70. The van der Waals surface area contributed by atoms with Gasteiger partial charge in [-0.3, -0.25) is 4.79 Å². The Morgan fingerprint density at radius 3 is 2.88 bits per heavy atom. The van der Waals surface area contributed by atoms with Gasteiger partial charge in [-0.05, 0) is 43.5 Å². The summed E-state index contributed by atoms with van der Waals surface area (Å²) in [6.07, 6.45) is 1.09. The van der Waals surface area contributed by atoms with Crippen LogP contribution in [0, 0.1) is 12.8 Å². The third-order valence-corrected chi connectivity index (χ3v) is 4.18. The minimum atomic E-state index is -0.219. The number of aromatic nitrogens is 3. The summed E-state index contributed by atoms with van der Waals surface area (Å²) in [5, 5.41) is 14.1. The smallest absolute Gasteiger partial charge is 0.271 e. The molecule has 0 radical (unpaired) electrons. The largest absolute Gasteiger partial charge is 0.370 e. The van der Waals surface area contributed by atoms with Gasteiger partial charge in [0.25, 0.3) is 5.91 Å². The number of aryl methyl sites for hydroxylation is 1. The Balaban J connectivity index is 1.54. The average Bonchev–Trinajstić information content (AvgIpc) is 3.08. The number of hydrogen-bond donors (Lipinski definition) is 2. The van der Waals surface area contributed by atoms with E-state index in [-0.39, 0.29) is 5.91 Å². The van der Waals surface area contributed by atoms with Crippen molar-refractivity contribution in [3.05, 3.63) is 41.7 Å². The molecule has 2 N–H and O–H groups in total. The topological polar surface area (TPSA) is 83.0 Å². The van der Waals surface area contributed by atoms with Crippen LogP contribution in [0.2, 0.25) is 0 Å². The lowest BCUT2D eigenvalue weighted by Crippen LogP contribution is -2.25. The monoisotopic (exact) mass is 326 g/mol. The van der Waals surface area contributed by atoms with Gasteiger partial charge in [-0.15, -0.1) is 10.2 Å². The Morgan fingerprint density at radius 2 is 2.17 bits per heavy atom. The maximum absolute atomic E-state index is 11.5. The maximum atomic E-state index is 11.5. The third kappa shape index (κ3) is 3.79. The average molecular weight is 326 g/mol. The molecule has 24 heavy (non-hydrogen) atoms. The Kier molecular flexibility index (Phi) is 4.88. The van der Waals surface area contributed by atoms with E-state index in [1.807, 2.05) is 31.2 Å². The van der Waals surface area contributed by atoms with E-state index >= 15 is 0 Å². The first-order valence-electron chi connectivity index (χ1n) is 8.14. The highest BCUT2D eigenvalue weighted by molar-refractivity contribution is 5.91. The van der Waals surface area contributed by atoms with Crippen LogP contribution in [0.15, 0.2) is 30.3 Å². The standard InChI is InChI=1S/C17H22N6O/c1-12-4-3-5-15(20-12)19-10-13-8-9-23(11-13)16-7-6-14(21-22-16)17(24)18-2/h3-7,13H,8-11H2,1-2H3,(H,18,24)(H,19,20). The summed E-state index contributed by atoms with van der Waals surface area (Å²) < 4.78 is 0. The van der Waals surface area contributed by atoms with Crippen molar-refractivity contribution in [3.8, 4) is 0 Å². The molecule has 1 aliphatic rings. The first kappa shape index (κ1) is 16.2. The SMILES string of the molecule is CNC(=O)c1ccc(N2CCC(CNc3cccc(C)n3)C2)nn1. The van der Waals surface area contributed by atoms with Crippen molar-refractivity contribution in [2.45, 2.75) is 13.3 Å². The number of carbonyl (C=O) groups excluding carboxylic acids is 1. The molecule has 7 nitrogen and oxygen atoms in total. The number of carbonyl (C=O) groups is 1. The zero-order chi connectivity index (χ0) is 16.9. The molecule has 0 spiro atoms. The summed E-state index contributed by atoms with van der Waals surface area (Å²) in [5.74, 6) is 2.05. The molecule has 1 fully saturated rings. The van der Waals surface area contributed by atoms with Gasteiger partial charge in [-0.1, -0.05) is 6.07 Å². The highest BCUT2D eigenvalue weighted by Crippen LogP contribution is 2.22. The quantitative estimate of drug-likeness (QED) is 0.866.